The van der Waals surface area contributed by atoms with Crippen LogP contribution in [0, 0.1) is 0 Å². The lowest BCUT2D eigenvalue weighted by Crippen LogP contribution is -2.16. The molecule has 1 fully saturated rings. The topological polar surface area (TPSA) is 80.2 Å². The number of anilines is 2. The quantitative estimate of drug-likeness (QED) is 0.464. The summed E-state index contributed by atoms with van der Waals surface area (Å²) in [5.74, 6) is 0.985. The molecule has 28 heavy (non-hydrogen) atoms. The molecule has 0 atom stereocenters. The normalized spacial score (nSPS) is 13.8. The summed E-state index contributed by atoms with van der Waals surface area (Å²) in [4.78, 5) is 27.9. The number of nitrogens with zero attached hydrogens (tertiary/aromatic N) is 4. The predicted molar refractivity (Wildman–Crippen MR) is 114 cm³/mol. The van der Waals surface area contributed by atoms with E-state index in [1.54, 1.807) is 11.3 Å². The molecule has 3 heterocycles. The van der Waals surface area contributed by atoms with Crippen molar-refractivity contribution in [3.05, 3.63) is 30.6 Å². The molecule has 0 spiro atoms. The van der Waals surface area contributed by atoms with E-state index in [0.717, 1.165) is 39.4 Å². The van der Waals surface area contributed by atoms with Crippen LogP contribution in [0.15, 0.2) is 35.6 Å². The largest absolute Gasteiger partial charge is 0.494 e. The summed E-state index contributed by atoms with van der Waals surface area (Å²) in [7, 11) is 0. The van der Waals surface area contributed by atoms with Gasteiger partial charge in [-0.1, -0.05) is 23.1 Å². The van der Waals surface area contributed by atoms with E-state index in [1.807, 2.05) is 31.2 Å². The van der Waals surface area contributed by atoms with Gasteiger partial charge in [0.2, 0.25) is 5.91 Å². The standard InChI is InChI=1S/C19H21N5O2S2/c1-2-26-14-7-5-13(6-8-14)22-15(25)11-27-18-16-17(20-12-21-18)23-19(28-16)24-9-3-4-10-24/h5-8,12H,2-4,9-11H2,1H3,(H,22,25). The van der Waals surface area contributed by atoms with Crippen LogP contribution in [0.1, 0.15) is 19.8 Å². The molecule has 9 heteroatoms. The van der Waals surface area contributed by atoms with Crippen LogP contribution in [0.4, 0.5) is 10.8 Å². The fourth-order valence-corrected chi connectivity index (χ4v) is 4.94. The molecule has 146 valence electrons. The number of rotatable bonds is 7. The molecule has 7 nitrogen and oxygen atoms in total. The number of ether oxygens (including phenoxy) is 1. The Balaban J connectivity index is 1.39. The first-order valence-corrected chi connectivity index (χ1v) is 11.0. The second-order valence-electron chi connectivity index (χ2n) is 6.32. The van der Waals surface area contributed by atoms with E-state index in [9.17, 15) is 4.79 Å². The molecule has 0 radical (unpaired) electrons. The van der Waals surface area contributed by atoms with Gasteiger partial charge in [-0.05, 0) is 44.0 Å². The maximum atomic E-state index is 12.3. The van der Waals surface area contributed by atoms with Gasteiger partial charge in [0.1, 0.15) is 21.8 Å². The molecule has 1 aliphatic heterocycles. The highest BCUT2D eigenvalue weighted by atomic mass is 32.2. The van der Waals surface area contributed by atoms with Crippen LogP contribution < -0.4 is 15.0 Å². The van der Waals surface area contributed by atoms with Crippen molar-refractivity contribution < 1.29 is 9.53 Å². The number of hydrogen-bond acceptors (Lipinski definition) is 8. The zero-order chi connectivity index (χ0) is 19.3. The first kappa shape index (κ1) is 18.9. The predicted octanol–water partition coefficient (Wildman–Crippen LogP) is 3.82. The summed E-state index contributed by atoms with van der Waals surface area (Å²) in [5, 5.41) is 4.70. The number of thioether (sulfide) groups is 1. The summed E-state index contributed by atoms with van der Waals surface area (Å²) in [6, 6.07) is 7.36. The SMILES string of the molecule is CCOc1ccc(NC(=O)CSc2ncnc3nc(N4CCCC4)sc23)cc1. The summed E-state index contributed by atoms with van der Waals surface area (Å²) in [5.41, 5.74) is 1.45. The Morgan fingerprint density at radius 3 is 2.79 bits per heavy atom. The van der Waals surface area contributed by atoms with Crippen LogP contribution in [-0.4, -0.2) is 46.3 Å². The second kappa shape index (κ2) is 8.74. The van der Waals surface area contributed by atoms with Gasteiger partial charge in [-0.3, -0.25) is 4.79 Å². The van der Waals surface area contributed by atoms with E-state index < -0.39 is 0 Å². The van der Waals surface area contributed by atoms with E-state index >= 15 is 0 Å². The molecule has 1 N–H and O–H groups in total. The second-order valence-corrected chi connectivity index (χ2v) is 8.26. The van der Waals surface area contributed by atoms with Gasteiger partial charge in [0, 0.05) is 18.8 Å². The van der Waals surface area contributed by atoms with E-state index in [4.69, 9.17) is 4.74 Å². The fourth-order valence-electron chi connectivity index (χ4n) is 3.00. The highest BCUT2D eigenvalue weighted by molar-refractivity contribution is 8.00. The third kappa shape index (κ3) is 4.36. The van der Waals surface area contributed by atoms with E-state index in [-0.39, 0.29) is 11.7 Å². The number of hydrogen-bond donors (Lipinski definition) is 1. The van der Waals surface area contributed by atoms with Crippen LogP contribution in [-0.2, 0) is 4.79 Å². The van der Waals surface area contributed by atoms with E-state index in [1.165, 1.54) is 30.9 Å². The first-order valence-electron chi connectivity index (χ1n) is 9.25. The number of benzene rings is 1. The molecular formula is C19H21N5O2S2. The van der Waals surface area contributed by atoms with E-state index in [2.05, 4.69) is 25.2 Å². The molecule has 1 aliphatic rings. The lowest BCUT2D eigenvalue weighted by molar-refractivity contribution is -0.113. The molecule has 1 aromatic carbocycles. The monoisotopic (exact) mass is 415 g/mol. The Morgan fingerprint density at radius 1 is 1.25 bits per heavy atom. The zero-order valence-corrected chi connectivity index (χ0v) is 17.2. The van der Waals surface area contributed by atoms with Crippen molar-refractivity contribution in [2.45, 2.75) is 24.8 Å². The van der Waals surface area contributed by atoms with Crippen LogP contribution in [0.2, 0.25) is 0 Å². The molecule has 0 unspecified atom stereocenters. The molecule has 0 saturated carbocycles. The molecule has 4 rings (SSSR count). The smallest absolute Gasteiger partial charge is 0.234 e. The Morgan fingerprint density at radius 2 is 2.04 bits per heavy atom. The minimum Gasteiger partial charge on any atom is -0.494 e. The van der Waals surface area contributed by atoms with Gasteiger partial charge < -0.3 is 15.0 Å². The van der Waals surface area contributed by atoms with Crippen molar-refractivity contribution in [3.8, 4) is 5.75 Å². The minimum absolute atomic E-state index is 0.0785. The van der Waals surface area contributed by atoms with Gasteiger partial charge in [0.15, 0.2) is 10.8 Å². The third-order valence-electron chi connectivity index (χ3n) is 4.31. The van der Waals surface area contributed by atoms with Gasteiger partial charge in [-0.25, -0.2) is 9.97 Å². The van der Waals surface area contributed by atoms with Crippen molar-refractivity contribution in [2.24, 2.45) is 0 Å². The summed E-state index contributed by atoms with van der Waals surface area (Å²) in [6.45, 7) is 4.64. The lowest BCUT2D eigenvalue weighted by Gasteiger charge is -2.11. The highest BCUT2D eigenvalue weighted by Gasteiger charge is 2.19. The molecule has 1 amide bonds. The van der Waals surface area contributed by atoms with Gasteiger partial charge in [0.25, 0.3) is 0 Å². The zero-order valence-electron chi connectivity index (χ0n) is 15.6. The molecule has 2 aromatic heterocycles. The Labute approximate surface area is 171 Å². The summed E-state index contributed by atoms with van der Waals surface area (Å²) >= 11 is 3.01. The lowest BCUT2D eigenvalue weighted by atomic mass is 10.3. The third-order valence-corrected chi connectivity index (χ3v) is 6.54. The maximum Gasteiger partial charge on any atom is 0.234 e. The van der Waals surface area contributed by atoms with Crippen molar-refractivity contribution in [3.63, 3.8) is 0 Å². The van der Waals surface area contributed by atoms with Gasteiger partial charge in [-0.2, -0.15) is 4.98 Å². The van der Waals surface area contributed by atoms with Gasteiger partial charge in [-0.15, -0.1) is 0 Å². The van der Waals surface area contributed by atoms with Gasteiger partial charge >= 0.3 is 0 Å². The Hall–Kier alpha value is -2.39. The summed E-state index contributed by atoms with van der Waals surface area (Å²) < 4.78 is 6.36. The average Bonchev–Trinajstić information content (AvgIpc) is 3.37. The van der Waals surface area contributed by atoms with Gasteiger partial charge in [0.05, 0.1) is 12.4 Å². The average molecular weight is 416 g/mol. The molecule has 0 aliphatic carbocycles. The van der Waals surface area contributed by atoms with E-state index in [0.29, 0.717) is 12.3 Å². The van der Waals surface area contributed by atoms with Crippen molar-refractivity contribution in [2.75, 3.05) is 35.7 Å². The minimum atomic E-state index is -0.0785. The fraction of sp³-hybridized carbons (Fsp3) is 0.368. The van der Waals surface area contributed by atoms with Crippen LogP contribution >= 0.6 is 23.1 Å². The number of carbonyl (C=O) groups excluding carboxylic acids is 1. The molecule has 1 saturated heterocycles. The molecular weight excluding hydrogens is 394 g/mol. The van der Waals surface area contributed by atoms with Crippen molar-refractivity contribution >= 4 is 50.2 Å². The highest BCUT2D eigenvalue weighted by Crippen LogP contribution is 2.34. The summed E-state index contributed by atoms with van der Waals surface area (Å²) in [6.07, 6.45) is 3.92. The van der Waals surface area contributed by atoms with Crippen molar-refractivity contribution in [1.29, 1.82) is 0 Å². The van der Waals surface area contributed by atoms with Crippen molar-refractivity contribution in [1.82, 2.24) is 15.0 Å². The van der Waals surface area contributed by atoms with Crippen LogP contribution in [0.25, 0.3) is 10.3 Å². The number of nitrogens with one attached hydrogen (secondary N) is 1. The number of aromatic nitrogens is 3. The van der Waals surface area contributed by atoms with Crippen LogP contribution in [0.5, 0.6) is 5.75 Å². The number of carbonyl (C=O) groups is 1. The Kier molecular flexibility index (Phi) is 5.92. The number of amides is 1. The molecule has 0 bridgehead atoms. The van der Waals surface area contributed by atoms with Crippen LogP contribution in [0.3, 0.4) is 0 Å². The maximum absolute atomic E-state index is 12.3. The number of fused-ring (bicyclic) bond motifs is 1. The first-order chi connectivity index (χ1) is 13.7. The number of thiazole rings is 1. The molecule has 3 aromatic rings. The Bertz CT molecular complexity index is 955.